The summed E-state index contributed by atoms with van der Waals surface area (Å²) >= 11 is 0. The number of ether oxygens (including phenoxy) is 1. The summed E-state index contributed by atoms with van der Waals surface area (Å²) in [6.07, 6.45) is -6.41. The number of hydrogen-bond acceptors (Lipinski definition) is 4. The Balaban J connectivity index is 4.78. The van der Waals surface area contributed by atoms with Crippen LogP contribution in [-0.2, 0) is 19.6 Å². The lowest BCUT2D eigenvalue weighted by molar-refractivity contribution is -0.155. The molecule has 0 rings (SSSR count). The van der Waals surface area contributed by atoms with Gasteiger partial charge in [0.2, 0.25) is 10.0 Å². The Kier molecular flexibility index (Phi) is 4.53. The van der Waals surface area contributed by atoms with Gasteiger partial charge in [0, 0.05) is 0 Å². The Morgan fingerprint density at radius 1 is 1.47 bits per heavy atom. The molecule has 0 bridgehead atoms. The van der Waals surface area contributed by atoms with E-state index in [1.807, 2.05) is 0 Å². The highest BCUT2D eigenvalue weighted by atomic mass is 32.2. The number of nitrogens with two attached hydrogens (primary N) is 1. The molecule has 0 heterocycles. The summed E-state index contributed by atoms with van der Waals surface area (Å²) in [7, 11) is -4.86. The Morgan fingerprint density at radius 2 is 1.93 bits per heavy atom. The molecule has 0 aliphatic rings. The average Bonchev–Trinajstić information content (AvgIpc) is 1.96. The highest BCUT2D eigenvalue weighted by Gasteiger charge is 2.48. The normalized spacial score (nSPS) is 14.7. The van der Waals surface area contributed by atoms with Crippen molar-refractivity contribution in [3.8, 4) is 0 Å². The fourth-order valence-electron chi connectivity index (χ4n) is 0.789. The predicted molar refractivity (Wildman–Crippen MR) is 44.2 cm³/mol. The maximum atomic E-state index is 12.1. The number of halogens is 3. The smallest absolute Gasteiger partial charge is 0.407 e. The summed E-state index contributed by atoms with van der Waals surface area (Å²) in [4.78, 5) is 10.7. The Hall–Kier alpha value is -0.830. The fraction of sp³-hybridized carbons (Fsp3) is 0.833. The third-order valence-corrected chi connectivity index (χ3v) is 2.65. The summed E-state index contributed by atoms with van der Waals surface area (Å²) in [5, 5.41) is 1.44. The highest BCUT2D eigenvalue weighted by molar-refractivity contribution is 7.89. The molecule has 9 heteroatoms. The molecule has 0 radical (unpaired) electrons. The van der Waals surface area contributed by atoms with Gasteiger partial charge in [-0.25, -0.2) is 13.6 Å². The Labute approximate surface area is 84.4 Å². The molecule has 0 aromatic rings. The van der Waals surface area contributed by atoms with Gasteiger partial charge < -0.3 is 4.74 Å². The van der Waals surface area contributed by atoms with E-state index in [0.29, 0.717) is 0 Å². The van der Waals surface area contributed by atoms with Crippen molar-refractivity contribution in [2.45, 2.75) is 24.8 Å². The Morgan fingerprint density at radius 3 is 2.20 bits per heavy atom. The van der Waals surface area contributed by atoms with Crippen molar-refractivity contribution >= 4 is 16.0 Å². The van der Waals surface area contributed by atoms with Crippen molar-refractivity contribution in [3.05, 3.63) is 0 Å². The van der Waals surface area contributed by atoms with E-state index in [9.17, 15) is 26.4 Å². The number of hydrogen-bond donors (Lipinski definition) is 1. The summed E-state index contributed by atoms with van der Waals surface area (Å²) in [6.45, 7) is 1.26. The molecule has 1 atom stereocenters. The molecule has 0 aliphatic carbocycles. The van der Waals surface area contributed by atoms with Crippen LogP contribution in [0, 0.1) is 0 Å². The van der Waals surface area contributed by atoms with Crippen LogP contribution in [0.5, 0.6) is 0 Å². The first-order valence-corrected chi connectivity index (χ1v) is 5.44. The van der Waals surface area contributed by atoms with E-state index in [1.165, 1.54) is 6.92 Å². The molecule has 5 nitrogen and oxygen atoms in total. The standard InChI is InChI=1S/C6H10F3NO4S/c1-2-14-5(11)3-4(6(7,8)9)15(10,12)13/h4H,2-3H2,1H3,(H2,10,12,13). The number of esters is 1. The second kappa shape index (κ2) is 4.79. The molecular weight excluding hydrogens is 239 g/mol. The molecular formula is C6H10F3NO4S. The van der Waals surface area contributed by atoms with Gasteiger partial charge in [0.25, 0.3) is 0 Å². The Bertz CT molecular complexity index is 324. The fourth-order valence-corrected chi connectivity index (χ4v) is 1.53. The van der Waals surface area contributed by atoms with Crippen LogP contribution in [0.15, 0.2) is 0 Å². The van der Waals surface area contributed by atoms with Crippen molar-refractivity contribution in [1.82, 2.24) is 0 Å². The maximum Gasteiger partial charge on any atom is 0.407 e. The van der Waals surface area contributed by atoms with Crippen LogP contribution in [-0.4, -0.2) is 32.4 Å². The second-order valence-electron chi connectivity index (χ2n) is 2.63. The zero-order valence-electron chi connectivity index (χ0n) is 7.74. The van der Waals surface area contributed by atoms with Crippen LogP contribution in [0.3, 0.4) is 0 Å². The first-order chi connectivity index (χ1) is 6.59. The minimum atomic E-state index is -5.08. The van der Waals surface area contributed by atoms with E-state index >= 15 is 0 Å². The van der Waals surface area contributed by atoms with E-state index in [2.05, 4.69) is 9.88 Å². The third kappa shape index (κ3) is 4.98. The molecule has 0 amide bonds. The lowest BCUT2D eigenvalue weighted by Crippen LogP contribution is -2.42. The predicted octanol–water partition coefficient (Wildman–Crippen LogP) is 0.159. The summed E-state index contributed by atoms with van der Waals surface area (Å²) in [6, 6.07) is 0. The van der Waals surface area contributed by atoms with Gasteiger partial charge in [0.1, 0.15) is 0 Å². The molecule has 0 aliphatic heterocycles. The van der Waals surface area contributed by atoms with E-state index in [4.69, 9.17) is 0 Å². The number of sulfonamides is 1. The number of carbonyl (C=O) groups is 1. The number of rotatable bonds is 4. The van der Waals surface area contributed by atoms with Crippen LogP contribution >= 0.6 is 0 Å². The molecule has 90 valence electrons. The topological polar surface area (TPSA) is 86.5 Å². The lowest BCUT2D eigenvalue weighted by Gasteiger charge is -2.16. The van der Waals surface area contributed by atoms with Crippen LogP contribution < -0.4 is 5.14 Å². The largest absolute Gasteiger partial charge is 0.466 e. The molecule has 15 heavy (non-hydrogen) atoms. The summed E-state index contributed by atoms with van der Waals surface area (Å²) in [5.74, 6) is -1.26. The first kappa shape index (κ1) is 14.2. The number of primary sulfonamides is 1. The van der Waals surface area contributed by atoms with Gasteiger partial charge in [0.05, 0.1) is 13.0 Å². The average molecular weight is 249 g/mol. The molecule has 0 saturated carbocycles. The van der Waals surface area contributed by atoms with Crippen molar-refractivity contribution in [2.24, 2.45) is 5.14 Å². The highest BCUT2D eigenvalue weighted by Crippen LogP contribution is 2.27. The molecule has 1 unspecified atom stereocenters. The van der Waals surface area contributed by atoms with E-state index in [1.54, 1.807) is 0 Å². The number of alkyl halides is 3. The molecule has 0 aromatic heterocycles. The molecule has 0 fully saturated rings. The monoisotopic (exact) mass is 249 g/mol. The van der Waals surface area contributed by atoms with Gasteiger partial charge in [-0.05, 0) is 6.92 Å². The zero-order valence-corrected chi connectivity index (χ0v) is 8.56. The van der Waals surface area contributed by atoms with Crippen LogP contribution in [0.4, 0.5) is 13.2 Å². The van der Waals surface area contributed by atoms with Crippen molar-refractivity contribution in [2.75, 3.05) is 6.61 Å². The van der Waals surface area contributed by atoms with Gasteiger partial charge in [-0.15, -0.1) is 0 Å². The minimum Gasteiger partial charge on any atom is -0.466 e. The minimum absolute atomic E-state index is 0.131. The van der Waals surface area contributed by atoms with Gasteiger partial charge in [-0.2, -0.15) is 13.2 Å². The molecule has 2 N–H and O–H groups in total. The van der Waals surface area contributed by atoms with E-state index in [0.717, 1.165) is 0 Å². The summed E-state index contributed by atoms with van der Waals surface area (Å²) in [5.41, 5.74) is 0. The first-order valence-electron chi connectivity index (χ1n) is 3.83. The van der Waals surface area contributed by atoms with Gasteiger partial charge >= 0.3 is 12.1 Å². The van der Waals surface area contributed by atoms with Crippen molar-refractivity contribution < 1.29 is 31.1 Å². The molecule has 0 saturated heterocycles. The zero-order chi connectivity index (χ0) is 12.3. The third-order valence-electron chi connectivity index (χ3n) is 1.42. The van der Waals surface area contributed by atoms with Crippen molar-refractivity contribution in [3.63, 3.8) is 0 Å². The lowest BCUT2D eigenvalue weighted by atomic mass is 10.3. The molecule has 0 aromatic carbocycles. The SMILES string of the molecule is CCOC(=O)CC(C(F)(F)F)S(N)(=O)=O. The van der Waals surface area contributed by atoms with Gasteiger partial charge in [-0.3, -0.25) is 4.79 Å². The van der Waals surface area contributed by atoms with Crippen LogP contribution in [0.1, 0.15) is 13.3 Å². The molecule has 0 spiro atoms. The van der Waals surface area contributed by atoms with Gasteiger partial charge in [-0.1, -0.05) is 0 Å². The van der Waals surface area contributed by atoms with E-state index in [-0.39, 0.29) is 6.61 Å². The maximum absolute atomic E-state index is 12.1. The number of carbonyl (C=O) groups excluding carboxylic acids is 1. The van der Waals surface area contributed by atoms with Crippen LogP contribution in [0.2, 0.25) is 0 Å². The van der Waals surface area contributed by atoms with Crippen LogP contribution in [0.25, 0.3) is 0 Å². The second-order valence-corrected chi connectivity index (χ2v) is 4.38. The quantitative estimate of drug-likeness (QED) is 0.719. The van der Waals surface area contributed by atoms with Crippen molar-refractivity contribution in [1.29, 1.82) is 0 Å². The van der Waals surface area contributed by atoms with E-state index < -0.39 is 33.8 Å². The van der Waals surface area contributed by atoms with Gasteiger partial charge in [0.15, 0.2) is 5.25 Å². The summed E-state index contributed by atoms with van der Waals surface area (Å²) < 4.78 is 61.8.